The minimum Gasteiger partial charge on any atom is -0.389 e. The third-order valence-electron chi connectivity index (χ3n) is 3.36. The fourth-order valence-corrected chi connectivity index (χ4v) is 2.55. The van der Waals surface area contributed by atoms with Crippen LogP contribution in [0.5, 0.6) is 0 Å². The van der Waals surface area contributed by atoms with Crippen molar-refractivity contribution in [1.82, 2.24) is 0 Å². The molecule has 0 aliphatic heterocycles. The first-order valence-corrected chi connectivity index (χ1v) is 8.44. The van der Waals surface area contributed by atoms with Crippen LogP contribution < -0.4 is 5.73 Å². The molecule has 0 bridgehead atoms. The molecule has 0 radical (unpaired) electrons. The number of amides is 1. The highest BCUT2D eigenvalue weighted by Gasteiger charge is 2.78. The van der Waals surface area contributed by atoms with E-state index in [-0.39, 0.29) is 0 Å². The lowest BCUT2D eigenvalue weighted by molar-refractivity contribution is -0.343. The van der Waals surface area contributed by atoms with Gasteiger partial charge in [-0.1, -0.05) is 20.8 Å². The number of primary amides is 1. The number of carbonyl (C=O) groups excluding carboxylic acids is 1. The summed E-state index contributed by atoms with van der Waals surface area (Å²) in [5, 5.41) is -0.968. The van der Waals surface area contributed by atoms with Gasteiger partial charge in [-0.2, -0.15) is 26.3 Å². The van der Waals surface area contributed by atoms with Crippen molar-refractivity contribution in [3.05, 3.63) is 0 Å². The zero-order valence-electron chi connectivity index (χ0n) is 11.7. The summed E-state index contributed by atoms with van der Waals surface area (Å²) >= 11 is 0. The van der Waals surface area contributed by atoms with Crippen LogP contribution in [0.15, 0.2) is 0 Å². The Balaban J connectivity index is 6.14. The van der Waals surface area contributed by atoms with Crippen LogP contribution in [0.3, 0.4) is 0 Å². The van der Waals surface area contributed by atoms with E-state index in [0.29, 0.717) is 0 Å². The SMILES string of the molecule is CC(C)(C)[Si](C)(C)OC(C(N)=O)(C(F)(F)F)C(F)(F)F. The van der Waals surface area contributed by atoms with Crippen LogP contribution in [0.2, 0.25) is 18.1 Å². The molecule has 0 fully saturated rings. The predicted molar refractivity (Wildman–Crippen MR) is 62.3 cm³/mol. The molecule has 0 heterocycles. The van der Waals surface area contributed by atoms with Crippen molar-refractivity contribution in [3.63, 3.8) is 0 Å². The van der Waals surface area contributed by atoms with Crippen LogP contribution in [0.25, 0.3) is 0 Å². The lowest BCUT2D eigenvalue weighted by Crippen LogP contribution is -2.70. The quantitative estimate of drug-likeness (QED) is 0.639. The molecule has 0 spiro atoms. The first-order valence-electron chi connectivity index (χ1n) is 5.53. The molecule has 0 aromatic carbocycles. The smallest absolute Gasteiger partial charge is 0.389 e. The normalized spacial score (nSPS) is 15.3. The fourth-order valence-electron chi connectivity index (χ4n) is 1.14. The Hall–Kier alpha value is -0.773. The van der Waals surface area contributed by atoms with Crippen molar-refractivity contribution < 1.29 is 35.6 Å². The molecule has 0 rings (SSSR count). The second-order valence-corrected chi connectivity index (χ2v) is 10.6. The Morgan fingerprint density at radius 2 is 1.25 bits per heavy atom. The molecule has 120 valence electrons. The van der Waals surface area contributed by atoms with Gasteiger partial charge in [-0.25, -0.2) is 0 Å². The molecule has 0 aliphatic rings. The molecule has 10 heteroatoms. The maximum atomic E-state index is 12.9. The number of rotatable bonds is 3. The second kappa shape index (κ2) is 4.90. The van der Waals surface area contributed by atoms with Crippen molar-refractivity contribution in [1.29, 1.82) is 0 Å². The summed E-state index contributed by atoms with van der Waals surface area (Å²) in [7, 11) is -3.56. The molecular formula is C10H17F6NO2Si. The van der Waals surface area contributed by atoms with Gasteiger partial charge in [-0.3, -0.25) is 4.79 Å². The summed E-state index contributed by atoms with van der Waals surface area (Å²) in [6, 6.07) is 0. The van der Waals surface area contributed by atoms with Gasteiger partial charge in [0.05, 0.1) is 0 Å². The van der Waals surface area contributed by atoms with E-state index < -0.39 is 37.2 Å². The Morgan fingerprint density at radius 3 is 1.40 bits per heavy atom. The van der Waals surface area contributed by atoms with E-state index in [9.17, 15) is 31.1 Å². The number of hydrogen-bond acceptors (Lipinski definition) is 2. The minimum absolute atomic E-state index is 0.968. The number of nitrogens with two attached hydrogens (primary N) is 1. The first-order chi connectivity index (χ1) is 8.40. The Labute approximate surface area is 113 Å². The highest BCUT2D eigenvalue weighted by Crippen LogP contribution is 2.50. The van der Waals surface area contributed by atoms with E-state index in [0.717, 1.165) is 0 Å². The van der Waals surface area contributed by atoms with Crippen LogP contribution >= 0.6 is 0 Å². The number of alkyl halides is 6. The lowest BCUT2D eigenvalue weighted by Gasteiger charge is -2.44. The third-order valence-corrected chi connectivity index (χ3v) is 7.79. The molecule has 0 atom stereocenters. The molecule has 0 aromatic rings. The molecule has 0 saturated heterocycles. The van der Waals surface area contributed by atoms with Crippen LogP contribution in [-0.4, -0.2) is 32.2 Å². The average Bonchev–Trinajstić information content (AvgIpc) is 2.07. The van der Waals surface area contributed by atoms with Gasteiger partial charge in [0.2, 0.25) is 0 Å². The van der Waals surface area contributed by atoms with E-state index in [4.69, 9.17) is 0 Å². The molecule has 0 saturated carbocycles. The monoisotopic (exact) mass is 325 g/mol. The summed E-state index contributed by atoms with van der Waals surface area (Å²) in [5.74, 6) is -2.61. The fraction of sp³-hybridized carbons (Fsp3) is 0.900. The topological polar surface area (TPSA) is 52.3 Å². The molecule has 1 amide bonds. The van der Waals surface area contributed by atoms with Crippen molar-refractivity contribution in [2.45, 2.75) is 56.9 Å². The van der Waals surface area contributed by atoms with Gasteiger partial charge >= 0.3 is 18.0 Å². The van der Waals surface area contributed by atoms with Crippen molar-refractivity contribution in [3.8, 4) is 0 Å². The zero-order valence-corrected chi connectivity index (χ0v) is 12.7. The summed E-state index contributed by atoms with van der Waals surface area (Å²) in [6.07, 6.45) is -12.0. The molecular weight excluding hydrogens is 308 g/mol. The third kappa shape index (κ3) is 3.10. The van der Waals surface area contributed by atoms with Crippen molar-refractivity contribution >= 4 is 14.2 Å². The number of halogens is 6. The van der Waals surface area contributed by atoms with Crippen LogP contribution in [0.4, 0.5) is 26.3 Å². The molecule has 0 aromatic heterocycles. The standard InChI is InChI=1S/C10H17F6NO2Si/c1-7(2,3)20(4,5)19-8(6(17)18,9(11,12)13)10(14,15)16/h1-5H3,(H2,17,18). The first kappa shape index (κ1) is 19.2. The largest absolute Gasteiger partial charge is 0.434 e. The molecule has 0 aliphatic carbocycles. The second-order valence-electron chi connectivity index (χ2n) is 5.90. The van der Waals surface area contributed by atoms with E-state index in [1.807, 2.05) is 0 Å². The lowest BCUT2D eigenvalue weighted by atomic mass is 10.0. The average molecular weight is 325 g/mol. The highest BCUT2D eigenvalue weighted by molar-refractivity contribution is 6.74. The van der Waals surface area contributed by atoms with Crippen LogP contribution in [0.1, 0.15) is 20.8 Å². The predicted octanol–water partition coefficient (Wildman–Crippen LogP) is 3.36. The van der Waals surface area contributed by atoms with Gasteiger partial charge in [0.1, 0.15) is 0 Å². The van der Waals surface area contributed by atoms with E-state index in [1.165, 1.54) is 33.9 Å². The molecule has 3 nitrogen and oxygen atoms in total. The van der Waals surface area contributed by atoms with Crippen molar-refractivity contribution in [2.75, 3.05) is 0 Å². The maximum absolute atomic E-state index is 12.9. The van der Waals surface area contributed by atoms with Gasteiger partial charge in [0, 0.05) is 0 Å². The van der Waals surface area contributed by atoms with E-state index >= 15 is 0 Å². The van der Waals surface area contributed by atoms with Crippen molar-refractivity contribution in [2.24, 2.45) is 5.73 Å². The van der Waals surface area contributed by atoms with E-state index in [2.05, 4.69) is 10.2 Å². The number of carbonyl (C=O) groups is 1. The maximum Gasteiger partial charge on any atom is 0.434 e. The summed E-state index contributed by atoms with van der Waals surface area (Å²) < 4.78 is 81.9. The highest BCUT2D eigenvalue weighted by atomic mass is 28.4. The van der Waals surface area contributed by atoms with E-state index in [1.54, 1.807) is 0 Å². The summed E-state index contributed by atoms with van der Waals surface area (Å²) in [4.78, 5) is 11.0. The van der Waals surface area contributed by atoms with Crippen LogP contribution in [-0.2, 0) is 9.22 Å². The van der Waals surface area contributed by atoms with Gasteiger partial charge in [0.15, 0.2) is 8.32 Å². The molecule has 2 N–H and O–H groups in total. The van der Waals surface area contributed by atoms with Crippen LogP contribution in [0, 0.1) is 0 Å². The Morgan fingerprint density at radius 1 is 0.950 bits per heavy atom. The minimum atomic E-state index is -5.99. The summed E-state index contributed by atoms with van der Waals surface area (Å²) in [5.41, 5.74) is -0.570. The summed E-state index contributed by atoms with van der Waals surface area (Å²) in [6.45, 7) is 6.66. The van der Waals surface area contributed by atoms with Gasteiger partial charge in [0.25, 0.3) is 5.91 Å². The van der Waals surface area contributed by atoms with Gasteiger partial charge in [-0.15, -0.1) is 0 Å². The molecule has 0 unspecified atom stereocenters. The van der Waals surface area contributed by atoms with Gasteiger partial charge < -0.3 is 10.2 Å². The number of hydrogen-bond donors (Lipinski definition) is 1. The Bertz CT molecular complexity index is 369. The Kier molecular flexibility index (Phi) is 4.71. The molecule has 20 heavy (non-hydrogen) atoms. The zero-order chi connectivity index (χ0) is 16.8. The van der Waals surface area contributed by atoms with Gasteiger partial charge in [-0.05, 0) is 18.1 Å².